The molecule has 0 spiro atoms. The Morgan fingerprint density at radius 2 is 2.29 bits per heavy atom. The van der Waals surface area contributed by atoms with Gasteiger partial charge in [0.05, 0.1) is 10.5 Å². The summed E-state index contributed by atoms with van der Waals surface area (Å²) in [5.41, 5.74) is 0.577. The van der Waals surface area contributed by atoms with Crippen LogP contribution in [0.25, 0.3) is 6.08 Å². The second-order valence-corrected chi connectivity index (χ2v) is 3.60. The highest BCUT2D eigenvalue weighted by atomic mass is 79.9. The summed E-state index contributed by atoms with van der Waals surface area (Å²) in [7, 11) is 0. The summed E-state index contributed by atoms with van der Waals surface area (Å²) in [6.45, 7) is 0. The monoisotopic (exact) mass is 275 g/mol. The van der Waals surface area contributed by atoms with Crippen molar-refractivity contribution in [3.63, 3.8) is 0 Å². The lowest BCUT2D eigenvalue weighted by molar-refractivity contribution is -0.385. The van der Waals surface area contributed by atoms with Crippen LogP contribution in [0.2, 0.25) is 5.02 Å². The molecule has 5 heteroatoms. The SMILES string of the molecule is O=[N+]([O-])c1ccc(Cl)cc1/C=C/CBr. The summed E-state index contributed by atoms with van der Waals surface area (Å²) < 4.78 is 0. The Balaban J connectivity index is 3.15. The predicted octanol–water partition coefficient (Wildman–Crippen LogP) is 3.66. The lowest BCUT2D eigenvalue weighted by atomic mass is 10.1. The molecule has 0 unspecified atom stereocenters. The van der Waals surface area contributed by atoms with E-state index in [1.165, 1.54) is 12.1 Å². The highest BCUT2D eigenvalue weighted by Crippen LogP contribution is 2.23. The van der Waals surface area contributed by atoms with Gasteiger partial charge in [-0.05, 0) is 12.1 Å². The molecule has 1 aromatic carbocycles. The van der Waals surface area contributed by atoms with Gasteiger partial charge in [0.2, 0.25) is 0 Å². The molecule has 0 heterocycles. The molecule has 0 saturated carbocycles. The first-order chi connectivity index (χ1) is 6.65. The van der Waals surface area contributed by atoms with Crippen molar-refractivity contribution in [3.8, 4) is 0 Å². The van der Waals surface area contributed by atoms with Crippen LogP contribution in [0.4, 0.5) is 5.69 Å². The van der Waals surface area contributed by atoms with Gasteiger partial charge in [0.1, 0.15) is 0 Å². The van der Waals surface area contributed by atoms with E-state index in [0.717, 1.165) is 0 Å². The number of rotatable bonds is 3. The molecule has 1 rings (SSSR count). The molecule has 0 saturated heterocycles. The molecule has 0 aliphatic rings. The molecular weight excluding hydrogens is 269 g/mol. The Bertz CT molecular complexity index is 379. The first kappa shape index (κ1) is 11.2. The van der Waals surface area contributed by atoms with E-state index in [2.05, 4.69) is 15.9 Å². The molecular formula is C9H7BrClNO2. The van der Waals surface area contributed by atoms with Crippen molar-refractivity contribution in [2.75, 3.05) is 5.33 Å². The minimum absolute atomic E-state index is 0.0617. The van der Waals surface area contributed by atoms with E-state index in [-0.39, 0.29) is 5.69 Å². The minimum Gasteiger partial charge on any atom is -0.258 e. The van der Waals surface area contributed by atoms with E-state index in [1.807, 2.05) is 0 Å². The van der Waals surface area contributed by atoms with E-state index in [9.17, 15) is 10.1 Å². The lowest BCUT2D eigenvalue weighted by Crippen LogP contribution is -1.90. The van der Waals surface area contributed by atoms with Gasteiger partial charge in [-0.3, -0.25) is 10.1 Å². The van der Waals surface area contributed by atoms with Crippen LogP contribution in [0.3, 0.4) is 0 Å². The average molecular weight is 277 g/mol. The van der Waals surface area contributed by atoms with Gasteiger partial charge in [-0.1, -0.05) is 39.7 Å². The van der Waals surface area contributed by atoms with Gasteiger partial charge in [-0.25, -0.2) is 0 Å². The smallest absolute Gasteiger partial charge is 0.258 e. The Labute approximate surface area is 94.7 Å². The van der Waals surface area contributed by atoms with Crippen molar-refractivity contribution >= 4 is 39.3 Å². The van der Waals surface area contributed by atoms with Crippen LogP contribution in [0.15, 0.2) is 24.3 Å². The summed E-state index contributed by atoms with van der Waals surface area (Å²) >= 11 is 8.93. The fourth-order valence-corrected chi connectivity index (χ4v) is 1.36. The van der Waals surface area contributed by atoms with E-state index in [0.29, 0.717) is 15.9 Å². The molecule has 0 bridgehead atoms. The van der Waals surface area contributed by atoms with Crippen molar-refractivity contribution in [3.05, 3.63) is 45.0 Å². The molecule has 0 fully saturated rings. The van der Waals surface area contributed by atoms with E-state index < -0.39 is 4.92 Å². The zero-order valence-electron chi connectivity index (χ0n) is 7.11. The Morgan fingerprint density at radius 3 is 2.86 bits per heavy atom. The standard InChI is InChI=1S/C9H7BrClNO2/c10-5-1-2-7-6-8(11)3-4-9(7)12(13)14/h1-4,6H,5H2/b2-1+. The number of nitro benzene ring substituents is 1. The van der Waals surface area contributed by atoms with Crippen LogP contribution >= 0.6 is 27.5 Å². The summed E-state index contributed by atoms with van der Waals surface area (Å²) in [5.74, 6) is 0. The van der Waals surface area contributed by atoms with Gasteiger partial charge in [0.25, 0.3) is 5.69 Å². The van der Waals surface area contributed by atoms with Crippen LogP contribution < -0.4 is 0 Å². The van der Waals surface area contributed by atoms with Gasteiger partial charge in [0.15, 0.2) is 0 Å². The maximum absolute atomic E-state index is 10.6. The zero-order chi connectivity index (χ0) is 10.6. The fraction of sp³-hybridized carbons (Fsp3) is 0.111. The molecule has 1 aromatic rings. The molecule has 3 nitrogen and oxygen atoms in total. The first-order valence-electron chi connectivity index (χ1n) is 3.81. The maximum atomic E-state index is 10.6. The van der Waals surface area contributed by atoms with Gasteiger partial charge in [-0.15, -0.1) is 0 Å². The summed E-state index contributed by atoms with van der Waals surface area (Å²) in [5, 5.41) is 11.8. The molecule has 14 heavy (non-hydrogen) atoms. The second-order valence-electron chi connectivity index (χ2n) is 2.52. The molecule has 0 radical (unpaired) electrons. The van der Waals surface area contributed by atoms with Crippen molar-refractivity contribution < 1.29 is 4.92 Å². The number of allylic oxidation sites excluding steroid dienone is 1. The van der Waals surface area contributed by atoms with Gasteiger partial charge in [0, 0.05) is 16.4 Å². The van der Waals surface area contributed by atoms with Crippen molar-refractivity contribution in [1.82, 2.24) is 0 Å². The number of nitro groups is 1. The largest absolute Gasteiger partial charge is 0.276 e. The van der Waals surface area contributed by atoms with Crippen LogP contribution in [-0.4, -0.2) is 10.3 Å². The molecule has 0 amide bonds. The molecule has 74 valence electrons. The third-order valence-corrected chi connectivity index (χ3v) is 2.18. The van der Waals surface area contributed by atoms with Gasteiger partial charge >= 0.3 is 0 Å². The van der Waals surface area contributed by atoms with Crippen LogP contribution in [0, 0.1) is 10.1 Å². The number of benzene rings is 1. The van der Waals surface area contributed by atoms with Crippen molar-refractivity contribution in [2.45, 2.75) is 0 Å². The quantitative estimate of drug-likeness (QED) is 0.480. The third-order valence-electron chi connectivity index (χ3n) is 1.57. The topological polar surface area (TPSA) is 43.1 Å². The summed E-state index contributed by atoms with van der Waals surface area (Å²) in [6.07, 6.45) is 3.44. The minimum atomic E-state index is -0.426. The highest BCUT2D eigenvalue weighted by Gasteiger charge is 2.10. The maximum Gasteiger partial charge on any atom is 0.276 e. The second kappa shape index (κ2) is 5.12. The number of nitrogens with zero attached hydrogens (tertiary/aromatic N) is 1. The molecule has 0 aliphatic heterocycles. The Morgan fingerprint density at radius 1 is 1.57 bits per heavy atom. The Hall–Kier alpha value is -0.870. The predicted molar refractivity (Wildman–Crippen MR) is 60.9 cm³/mol. The molecule has 0 atom stereocenters. The number of hydrogen-bond acceptors (Lipinski definition) is 2. The number of halogens is 2. The van der Waals surface area contributed by atoms with E-state index in [4.69, 9.17) is 11.6 Å². The third kappa shape index (κ3) is 2.82. The number of alkyl halides is 1. The fourth-order valence-electron chi connectivity index (χ4n) is 0.997. The molecule has 0 N–H and O–H groups in total. The van der Waals surface area contributed by atoms with E-state index in [1.54, 1.807) is 18.2 Å². The van der Waals surface area contributed by atoms with Crippen molar-refractivity contribution in [2.24, 2.45) is 0 Å². The molecule has 0 aliphatic carbocycles. The normalized spacial score (nSPS) is 10.7. The highest BCUT2D eigenvalue weighted by molar-refractivity contribution is 9.09. The molecule has 0 aromatic heterocycles. The Kier molecular flexibility index (Phi) is 4.10. The summed E-state index contributed by atoms with van der Waals surface area (Å²) in [6, 6.07) is 4.47. The van der Waals surface area contributed by atoms with Gasteiger partial charge in [-0.2, -0.15) is 0 Å². The van der Waals surface area contributed by atoms with Crippen LogP contribution in [-0.2, 0) is 0 Å². The lowest BCUT2D eigenvalue weighted by Gasteiger charge is -1.97. The summed E-state index contributed by atoms with van der Waals surface area (Å²) in [4.78, 5) is 10.2. The average Bonchev–Trinajstić information content (AvgIpc) is 2.14. The first-order valence-corrected chi connectivity index (χ1v) is 5.31. The zero-order valence-corrected chi connectivity index (χ0v) is 9.46. The van der Waals surface area contributed by atoms with E-state index >= 15 is 0 Å². The van der Waals surface area contributed by atoms with Crippen LogP contribution in [0.1, 0.15) is 5.56 Å². The van der Waals surface area contributed by atoms with Crippen LogP contribution in [0.5, 0.6) is 0 Å². The number of hydrogen-bond donors (Lipinski definition) is 0. The van der Waals surface area contributed by atoms with Gasteiger partial charge < -0.3 is 0 Å². The van der Waals surface area contributed by atoms with Crippen molar-refractivity contribution in [1.29, 1.82) is 0 Å².